The highest BCUT2D eigenvalue weighted by atomic mass is 19.1. The molecular weight excluding hydrogens is 324 g/mol. The van der Waals surface area contributed by atoms with Crippen molar-refractivity contribution >= 4 is 11.8 Å². The van der Waals surface area contributed by atoms with Crippen molar-refractivity contribution in [2.24, 2.45) is 0 Å². The van der Waals surface area contributed by atoms with Crippen molar-refractivity contribution in [2.45, 2.75) is 26.4 Å². The number of benzene rings is 1. The summed E-state index contributed by atoms with van der Waals surface area (Å²) in [4.78, 5) is 30.0. The lowest BCUT2D eigenvalue weighted by Crippen LogP contribution is -2.47. The van der Waals surface area contributed by atoms with Gasteiger partial charge in [0.05, 0.1) is 17.0 Å². The molecule has 1 aromatic rings. The van der Waals surface area contributed by atoms with Crippen LogP contribution in [-0.4, -0.2) is 47.7 Å². The van der Waals surface area contributed by atoms with Crippen LogP contribution in [0, 0.1) is 16.5 Å². The normalized spacial score (nSPS) is 15.1. The largest absolute Gasteiger partial charge is 0.415 e. The van der Waals surface area contributed by atoms with E-state index in [1.807, 2.05) is 0 Å². The first-order valence-electron chi connectivity index (χ1n) is 7.50. The van der Waals surface area contributed by atoms with E-state index in [0.29, 0.717) is 26.2 Å². The summed E-state index contributed by atoms with van der Waals surface area (Å²) in [5, 5.41) is 3.04. The van der Waals surface area contributed by atoms with Gasteiger partial charge in [0.1, 0.15) is 0 Å². The minimum Gasteiger partial charge on any atom is -0.404 e. The Kier molecular flexibility index (Phi) is 5.33. The zero-order valence-electron chi connectivity index (χ0n) is 13.8. The highest BCUT2D eigenvalue weighted by molar-refractivity contribution is 5.71. The smallest absolute Gasteiger partial charge is 0.404 e. The molecule has 9 heteroatoms. The lowest BCUT2D eigenvalue weighted by Gasteiger charge is -2.26. The molecule has 0 bridgehead atoms. The van der Waals surface area contributed by atoms with Crippen molar-refractivity contribution in [2.75, 3.05) is 26.2 Å². The number of nitrogens with one attached hydrogen (secondary N) is 1. The average Bonchev–Trinajstić information content (AvgIpc) is 2.49. The number of hydrogen-bond acceptors (Lipinski definition) is 5. The maximum Gasteiger partial charge on any atom is 0.415 e. The molecule has 1 N–H and O–H groups in total. The molecule has 1 aliphatic rings. The van der Waals surface area contributed by atoms with Gasteiger partial charge in [-0.3, -0.25) is 0 Å². The zero-order chi connectivity index (χ0) is 17.9. The van der Waals surface area contributed by atoms with Crippen molar-refractivity contribution < 1.29 is 28.1 Å². The summed E-state index contributed by atoms with van der Waals surface area (Å²) in [5.41, 5.74) is -1.20. The molecule has 0 spiro atoms. The summed E-state index contributed by atoms with van der Waals surface area (Å²) in [6.07, 6.45) is -0.841. The van der Waals surface area contributed by atoms with Crippen LogP contribution in [0.1, 0.15) is 20.8 Å². The first-order chi connectivity index (χ1) is 11.2. The van der Waals surface area contributed by atoms with E-state index < -0.39 is 29.1 Å². The molecule has 1 aliphatic heterocycles. The minimum atomic E-state index is -1.16. The maximum atomic E-state index is 14.1. The van der Waals surface area contributed by atoms with E-state index in [-0.39, 0.29) is 10.6 Å². The van der Waals surface area contributed by atoms with Gasteiger partial charge < -0.3 is 15.0 Å². The highest BCUT2D eigenvalue weighted by Crippen LogP contribution is 2.28. The maximum absolute atomic E-state index is 14.1. The van der Waals surface area contributed by atoms with E-state index in [9.17, 15) is 18.5 Å². The fraction of sp³-hybridized carbons (Fsp3) is 0.533. The predicted octanol–water partition coefficient (Wildman–Crippen LogP) is 2.51. The summed E-state index contributed by atoms with van der Waals surface area (Å²) in [5.74, 6) is -3.16. The van der Waals surface area contributed by atoms with Crippen LogP contribution < -0.4 is 10.1 Å². The van der Waals surface area contributed by atoms with Crippen molar-refractivity contribution in [3.8, 4) is 5.75 Å². The second kappa shape index (κ2) is 7.08. The summed E-state index contributed by atoms with van der Waals surface area (Å²) in [6, 6.07) is 1.50. The SMILES string of the molecule is CC(C)(C)O[N+](=O)c1cc(F)c(OC(=O)N2CCNCC2)c(F)c1. The number of halogens is 2. The van der Waals surface area contributed by atoms with Gasteiger partial charge >= 0.3 is 11.8 Å². The quantitative estimate of drug-likeness (QED) is 0.853. The summed E-state index contributed by atoms with van der Waals surface area (Å²) >= 11 is 0. The monoisotopic (exact) mass is 344 g/mol. The number of carbonyl (C=O) groups is 1. The third kappa shape index (κ3) is 4.60. The lowest BCUT2D eigenvalue weighted by atomic mass is 10.2. The van der Waals surface area contributed by atoms with Gasteiger partial charge in [0.25, 0.3) is 4.92 Å². The molecule has 0 atom stereocenters. The van der Waals surface area contributed by atoms with Gasteiger partial charge in [-0.25, -0.2) is 18.4 Å². The Balaban J connectivity index is 2.14. The van der Waals surface area contributed by atoms with Crippen molar-refractivity contribution in [3.05, 3.63) is 28.7 Å². The Labute approximate surface area is 138 Å². The topological polar surface area (TPSA) is 70.9 Å². The number of hydrogen-bond donors (Lipinski definition) is 1. The van der Waals surface area contributed by atoms with Gasteiger partial charge in [-0.2, -0.15) is 0 Å². The van der Waals surface area contributed by atoms with Crippen molar-refractivity contribution in [1.29, 1.82) is 0 Å². The Morgan fingerprint density at radius 2 is 1.75 bits per heavy atom. The molecule has 0 aliphatic carbocycles. The number of piperazine rings is 1. The standard InChI is InChI=1S/C15H20F2N3O4/c1-15(2,3)24-20(22)10-8-11(16)13(12(17)9-10)23-14(21)19-6-4-18-5-7-19/h8-9,18H,4-7H2,1-3H3/q+1. The van der Waals surface area contributed by atoms with E-state index in [0.717, 1.165) is 12.1 Å². The van der Waals surface area contributed by atoms with E-state index >= 15 is 0 Å². The fourth-order valence-corrected chi connectivity index (χ4v) is 2.05. The molecular formula is C15H20F2N3O4+. The summed E-state index contributed by atoms with van der Waals surface area (Å²) < 4.78 is 32.9. The molecule has 0 unspecified atom stereocenters. The number of ether oxygens (including phenoxy) is 1. The van der Waals surface area contributed by atoms with Gasteiger partial charge in [0.2, 0.25) is 5.75 Å². The van der Waals surface area contributed by atoms with Crippen LogP contribution in [0.3, 0.4) is 0 Å². The molecule has 1 amide bonds. The van der Waals surface area contributed by atoms with E-state index in [1.165, 1.54) is 4.90 Å². The van der Waals surface area contributed by atoms with Gasteiger partial charge in [-0.15, -0.1) is 0 Å². The second-order valence-corrected chi connectivity index (χ2v) is 6.30. The molecule has 24 heavy (non-hydrogen) atoms. The Morgan fingerprint density at radius 1 is 1.21 bits per heavy atom. The summed E-state index contributed by atoms with van der Waals surface area (Å²) in [6.45, 7) is 6.78. The third-order valence-corrected chi connectivity index (χ3v) is 3.12. The molecule has 7 nitrogen and oxygen atoms in total. The van der Waals surface area contributed by atoms with Crippen molar-refractivity contribution in [3.63, 3.8) is 0 Å². The molecule has 1 fully saturated rings. The number of nitrogens with zero attached hydrogens (tertiary/aromatic N) is 2. The van der Waals surface area contributed by atoms with Crippen LogP contribution in [0.2, 0.25) is 0 Å². The first kappa shape index (κ1) is 18.1. The Bertz CT molecular complexity index is 617. The molecule has 1 saturated heterocycles. The van der Waals surface area contributed by atoms with Gasteiger partial charge in [-0.1, -0.05) is 0 Å². The number of rotatable bonds is 3. The van der Waals surface area contributed by atoms with Crippen LogP contribution in [0.15, 0.2) is 12.1 Å². The van der Waals surface area contributed by atoms with Crippen LogP contribution in [0.4, 0.5) is 19.3 Å². The highest BCUT2D eigenvalue weighted by Gasteiger charge is 2.30. The fourth-order valence-electron chi connectivity index (χ4n) is 2.05. The molecule has 1 heterocycles. The van der Waals surface area contributed by atoms with E-state index in [2.05, 4.69) is 5.32 Å². The Hall–Kier alpha value is -2.29. The average molecular weight is 344 g/mol. The molecule has 1 aromatic carbocycles. The number of amides is 1. The van der Waals surface area contributed by atoms with E-state index in [1.54, 1.807) is 20.8 Å². The van der Waals surface area contributed by atoms with Crippen LogP contribution in [0.25, 0.3) is 0 Å². The molecule has 0 saturated carbocycles. The molecule has 0 aromatic heterocycles. The lowest BCUT2D eigenvalue weighted by molar-refractivity contribution is -0.766. The number of carbonyl (C=O) groups excluding carboxylic acids is 1. The van der Waals surface area contributed by atoms with Crippen LogP contribution in [0.5, 0.6) is 5.75 Å². The third-order valence-electron chi connectivity index (χ3n) is 3.12. The van der Waals surface area contributed by atoms with E-state index in [4.69, 9.17) is 9.57 Å². The molecule has 2 rings (SSSR count). The predicted molar refractivity (Wildman–Crippen MR) is 81.0 cm³/mol. The van der Waals surface area contributed by atoms with Crippen LogP contribution in [-0.2, 0) is 4.84 Å². The molecule has 132 valence electrons. The molecule has 0 radical (unpaired) electrons. The van der Waals surface area contributed by atoms with Gasteiger partial charge in [0, 0.05) is 26.2 Å². The first-order valence-corrected chi connectivity index (χ1v) is 7.50. The Morgan fingerprint density at radius 3 is 2.25 bits per heavy atom. The van der Waals surface area contributed by atoms with Gasteiger partial charge in [-0.05, 0) is 20.8 Å². The van der Waals surface area contributed by atoms with Crippen molar-refractivity contribution in [1.82, 2.24) is 10.2 Å². The minimum absolute atomic E-state index is 0.0219. The second-order valence-electron chi connectivity index (χ2n) is 6.30. The van der Waals surface area contributed by atoms with Crippen LogP contribution >= 0.6 is 0 Å². The zero-order valence-corrected chi connectivity index (χ0v) is 13.8. The van der Waals surface area contributed by atoms with Gasteiger partial charge in [0.15, 0.2) is 17.2 Å². The summed E-state index contributed by atoms with van der Waals surface area (Å²) in [7, 11) is 0.